The number of benzene rings is 1. The molecule has 1 amide bonds. The lowest BCUT2D eigenvalue weighted by Crippen LogP contribution is -2.21. The number of hydrogen-bond donors (Lipinski definition) is 1. The molecule has 140 valence electrons. The lowest BCUT2D eigenvalue weighted by molar-refractivity contribution is -0.147. The monoisotopic (exact) mass is 409 g/mol. The summed E-state index contributed by atoms with van der Waals surface area (Å²) >= 11 is 7.11. The van der Waals surface area contributed by atoms with Crippen LogP contribution < -0.4 is 5.32 Å². The van der Waals surface area contributed by atoms with Crippen molar-refractivity contribution < 1.29 is 23.2 Å². The molecule has 0 aliphatic rings. The largest absolute Gasteiger partial charge is 0.456 e. The average molecular weight is 410 g/mol. The normalized spacial score (nSPS) is 10.6. The fraction of sp³-hybridized carbons (Fsp3) is 0.176. The maximum Gasteiger partial charge on any atom is 0.306 e. The van der Waals surface area contributed by atoms with Crippen molar-refractivity contribution in [1.82, 2.24) is 10.1 Å². The third kappa shape index (κ3) is 5.35. The molecule has 1 aromatic carbocycles. The van der Waals surface area contributed by atoms with Crippen molar-refractivity contribution in [2.45, 2.75) is 12.8 Å². The molecule has 1 N–H and O–H groups in total. The summed E-state index contributed by atoms with van der Waals surface area (Å²) in [6.07, 6.45) is 0.152. The van der Waals surface area contributed by atoms with Gasteiger partial charge in [0, 0.05) is 11.4 Å². The number of aryl methyl sites for hydroxylation is 1. The van der Waals surface area contributed by atoms with E-state index in [0.717, 1.165) is 10.9 Å². The van der Waals surface area contributed by atoms with Crippen molar-refractivity contribution >= 4 is 40.5 Å². The highest BCUT2D eigenvalue weighted by atomic mass is 35.5. The number of nitrogens with one attached hydrogen (secondary N) is 1. The minimum Gasteiger partial charge on any atom is -0.456 e. The Labute approximate surface area is 162 Å². The second-order valence-electron chi connectivity index (χ2n) is 5.32. The first-order valence-corrected chi connectivity index (χ1v) is 9.04. The van der Waals surface area contributed by atoms with Gasteiger partial charge in [-0.1, -0.05) is 22.8 Å². The van der Waals surface area contributed by atoms with Crippen LogP contribution >= 0.6 is 22.9 Å². The smallest absolute Gasteiger partial charge is 0.306 e. The molecule has 0 fully saturated rings. The van der Waals surface area contributed by atoms with Crippen molar-refractivity contribution in [3.63, 3.8) is 0 Å². The minimum absolute atomic E-state index is 0.0331. The quantitative estimate of drug-likeness (QED) is 0.598. The molecule has 27 heavy (non-hydrogen) atoms. The fourth-order valence-electron chi connectivity index (χ4n) is 2.07. The number of rotatable bonds is 7. The van der Waals surface area contributed by atoms with E-state index in [9.17, 15) is 14.0 Å². The summed E-state index contributed by atoms with van der Waals surface area (Å²) in [6.45, 7) is -0.537. The zero-order valence-corrected chi connectivity index (χ0v) is 15.3. The summed E-state index contributed by atoms with van der Waals surface area (Å²) in [5.41, 5.74) is -0.0487. The summed E-state index contributed by atoms with van der Waals surface area (Å²) in [4.78, 5) is 28.5. The molecule has 0 aliphatic carbocycles. The molecular weight excluding hydrogens is 397 g/mol. The van der Waals surface area contributed by atoms with Crippen LogP contribution in [0.4, 0.5) is 10.1 Å². The number of ether oxygens (including phenoxy) is 1. The van der Waals surface area contributed by atoms with Crippen LogP contribution in [-0.2, 0) is 20.7 Å². The third-order valence-electron chi connectivity index (χ3n) is 3.32. The molecule has 0 aliphatic heterocycles. The zero-order valence-electron chi connectivity index (χ0n) is 13.8. The maximum absolute atomic E-state index is 13.6. The van der Waals surface area contributed by atoms with Gasteiger partial charge in [-0.25, -0.2) is 4.39 Å². The summed E-state index contributed by atoms with van der Waals surface area (Å²) in [7, 11) is 0. The molecule has 0 spiro atoms. The Hall–Kier alpha value is -2.78. The second kappa shape index (κ2) is 8.74. The van der Waals surface area contributed by atoms with Gasteiger partial charge < -0.3 is 14.6 Å². The first-order chi connectivity index (χ1) is 13.0. The molecule has 2 heterocycles. The van der Waals surface area contributed by atoms with E-state index in [2.05, 4.69) is 15.5 Å². The van der Waals surface area contributed by atoms with E-state index in [1.807, 2.05) is 17.5 Å². The molecule has 0 unspecified atom stereocenters. The number of nitrogens with zero attached hydrogens (tertiary/aromatic N) is 2. The third-order valence-corrected chi connectivity index (χ3v) is 4.42. The number of esters is 1. The van der Waals surface area contributed by atoms with Gasteiger partial charge in [0.2, 0.25) is 11.7 Å². The van der Waals surface area contributed by atoms with E-state index in [0.29, 0.717) is 11.7 Å². The van der Waals surface area contributed by atoms with Crippen LogP contribution in [-0.4, -0.2) is 28.6 Å². The van der Waals surface area contributed by atoms with Gasteiger partial charge in [0.15, 0.2) is 6.61 Å². The molecule has 0 radical (unpaired) electrons. The van der Waals surface area contributed by atoms with Gasteiger partial charge in [-0.2, -0.15) is 4.98 Å². The van der Waals surface area contributed by atoms with Gasteiger partial charge in [0.05, 0.1) is 17.0 Å². The van der Waals surface area contributed by atoms with Crippen LogP contribution in [0.2, 0.25) is 5.02 Å². The SMILES string of the molecule is O=C(COC(=O)CCc1nc(-c2cccs2)no1)Nc1ccc(Cl)cc1F. The number of aromatic nitrogens is 2. The Morgan fingerprint density at radius 2 is 2.19 bits per heavy atom. The molecule has 7 nitrogen and oxygen atoms in total. The number of hydrogen-bond acceptors (Lipinski definition) is 7. The fourth-order valence-corrected chi connectivity index (χ4v) is 2.87. The van der Waals surface area contributed by atoms with E-state index in [-0.39, 0.29) is 23.6 Å². The van der Waals surface area contributed by atoms with Crippen molar-refractivity contribution in [3.05, 3.63) is 52.4 Å². The lowest BCUT2D eigenvalue weighted by atomic mass is 10.3. The predicted octanol–water partition coefficient (Wildman–Crippen LogP) is 3.71. The molecule has 0 saturated carbocycles. The van der Waals surface area contributed by atoms with Crippen LogP contribution in [0.25, 0.3) is 10.7 Å². The van der Waals surface area contributed by atoms with Gasteiger partial charge in [-0.05, 0) is 29.6 Å². The van der Waals surface area contributed by atoms with E-state index >= 15 is 0 Å². The van der Waals surface area contributed by atoms with Crippen molar-refractivity contribution in [2.75, 3.05) is 11.9 Å². The first-order valence-electron chi connectivity index (χ1n) is 7.78. The molecule has 2 aromatic heterocycles. The summed E-state index contributed by atoms with van der Waals surface area (Å²) in [5.74, 6) is -1.21. The maximum atomic E-state index is 13.6. The number of carbonyl (C=O) groups is 2. The number of anilines is 1. The molecule has 3 aromatic rings. The number of halogens is 2. The van der Waals surface area contributed by atoms with Crippen LogP contribution in [0, 0.1) is 5.82 Å². The Balaban J connectivity index is 1.42. The Bertz CT molecular complexity index is 946. The highest BCUT2D eigenvalue weighted by molar-refractivity contribution is 7.13. The Kier molecular flexibility index (Phi) is 6.15. The van der Waals surface area contributed by atoms with Crippen LogP contribution in [0.3, 0.4) is 0 Å². The molecule has 3 rings (SSSR count). The van der Waals surface area contributed by atoms with Crippen LogP contribution in [0.15, 0.2) is 40.2 Å². The lowest BCUT2D eigenvalue weighted by Gasteiger charge is -2.07. The Morgan fingerprint density at radius 3 is 2.93 bits per heavy atom. The van der Waals surface area contributed by atoms with Gasteiger partial charge in [-0.3, -0.25) is 9.59 Å². The molecule has 10 heteroatoms. The van der Waals surface area contributed by atoms with Crippen LogP contribution in [0.5, 0.6) is 0 Å². The standard InChI is InChI=1S/C17H13ClFN3O4S/c18-10-3-4-12(11(19)8-10)20-14(23)9-25-16(24)6-5-15-21-17(22-26-15)13-2-1-7-27-13/h1-4,7-8H,5-6,9H2,(H,20,23). The first kappa shape index (κ1) is 19.0. The number of carbonyl (C=O) groups excluding carboxylic acids is 2. The van der Waals surface area contributed by atoms with Crippen LogP contribution in [0.1, 0.15) is 12.3 Å². The average Bonchev–Trinajstić information content (AvgIpc) is 3.32. The van der Waals surface area contributed by atoms with E-state index in [1.54, 1.807) is 0 Å². The number of amides is 1. The molecule has 0 bridgehead atoms. The highest BCUT2D eigenvalue weighted by Gasteiger charge is 2.14. The van der Waals surface area contributed by atoms with Crippen molar-refractivity contribution in [2.24, 2.45) is 0 Å². The molecular formula is C17H13ClFN3O4S. The predicted molar refractivity (Wildman–Crippen MR) is 96.9 cm³/mol. The van der Waals surface area contributed by atoms with E-state index in [4.69, 9.17) is 20.9 Å². The van der Waals surface area contributed by atoms with Gasteiger partial charge >= 0.3 is 5.97 Å². The van der Waals surface area contributed by atoms with Gasteiger partial charge in [0.25, 0.3) is 5.91 Å². The minimum atomic E-state index is -0.680. The molecule has 0 atom stereocenters. The number of thiophene rings is 1. The summed E-state index contributed by atoms with van der Waals surface area (Å²) in [6, 6.07) is 7.54. The summed E-state index contributed by atoms with van der Waals surface area (Å²) < 4.78 is 23.5. The van der Waals surface area contributed by atoms with Crippen molar-refractivity contribution in [1.29, 1.82) is 0 Å². The second-order valence-corrected chi connectivity index (χ2v) is 6.71. The molecule has 0 saturated heterocycles. The van der Waals surface area contributed by atoms with Crippen molar-refractivity contribution in [3.8, 4) is 10.7 Å². The topological polar surface area (TPSA) is 94.3 Å². The Morgan fingerprint density at radius 1 is 1.33 bits per heavy atom. The van der Waals surface area contributed by atoms with Gasteiger partial charge in [0.1, 0.15) is 5.82 Å². The highest BCUT2D eigenvalue weighted by Crippen LogP contribution is 2.21. The zero-order chi connectivity index (χ0) is 19.2. The van der Waals surface area contributed by atoms with Gasteiger partial charge in [-0.15, -0.1) is 11.3 Å². The van der Waals surface area contributed by atoms with E-state index in [1.165, 1.54) is 23.5 Å². The van der Waals surface area contributed by atoms with E-state index < -0.39 is 24.3 Å². The summed E-state index contributed by atoms with van der Waals surface area (Å²) in [5, 5.41) is 8.23.